The molecular weight excluding hydrogens is 398 g/mol. The molecule has 4 rings (SSSR count). The lowest BCUT2D eigenvalue weighted by Crippen LogP contribution is -2.34. The number of aryl methyl sites for hydroxylation is 1. The lowest BCUT2D eigenvalue weighted by atomic mass is 10.3. The third-order valence-electron chi connectivity index (χ3n) is 4.94. The monoisotopic (exact) mass is 417 g/mol. The maximum atomic E-state index is 12.8. The minimum absolute atomic E-state index is 0.0510. The van der Waals surface area contributed by atoms with Gasteiger partial charge in [0.1, 0.15) is 5.76 Å². The van der Waals surface area contributed by atoms with E-state index in [1.54, 1.807) is 13.1 Å². The van der Waals surface area contributed by atoms with Crippen molar-refractivity contribution in [3.8, 4) is 5.88 Å². The number of imidazole rings is 1. The van der Waals surface area contributed by atoms with Crippen LogP contribution in [0.1, 0.15) is 25.5 Å². The number of rotatable bonds is 6. The van der Waals surface area contributed by atoms with Crippen molar-refractivity contribution in [2.24, 2.45) is 7.05 Å². The standard InChI is InChI=1S/C19H19N3O6S/c1-19(9-10-19)20-29(26,27)13-5-6-14-15(11-13)22(18(25)21(14)2)16-7-3-12(28-16)4-8-17(23)24/h3-8,11,20H,9-10H2,1-2H3,(H,23,24)/b8-4+. The SMILES string of the molecule is Cn1c(=O)n(-c2ccc(/C=C/C(=O)O)o2)c2cc(S(=O)(=O)NC3(C)CC3)ccc21. The summed E-state index contributed by atoms with van der Waals surface area (Å²) in [6.07, 6.45) is 3.74. The van der Waals surface area contributed by atoms with Gasteiger partial charge in [-0.3, -0.25) is 4.57 Å². The Bertz CT molecular complexity index is 1320. The summed E-state index contributed by atoms with van der Waals surface area (Å²) in [5.74, 6) is -0.724. The number of carboxylic acids is 1. The zero-order chi connectivity index (χ0) is 21.0. The Labute approximate surface area is 165 Å². The van der Waals surface area contributed by atoms with Gasteiger partial charge in [0.15, 0.2) is 0 Å². The molecule has 0 aliphatic heterocycles. The highest BCUT2D eigenvalue weighted by Gasteiger charge is 2.41. The summed E-state index contributed by atoms with van der Waals surface area (Å²) >= 11 is 0. The van der Waals surface area contributed by atoms with Crippen LogP contribution >= 0.6 is 0 Å². The van der Waals surface area contributed by atoms with Gasteiger partial charge in [0.2, 0.25) is 15.9 Å². The molecule has 0 radical (unpaired) electrons. The predicted molar refractivity (Wildman–Crippen MR) is 105 cm³/mol. The van der Waals surface area contributed by atoms with E-state index in [2.05, 4.69) is 4.72 Å². The van der Waals surface area contributed by atoms with Crippen LogP contribution in [0.2, 0.25) is 0 Å². The molecule has 1 fully saturated rings. The van der Waals surface area contributed by atoms with Gasteiger partial charge in [-0.1, -0.05) is 0 Å². The summed E-state index contributed by atoms with van der Waals surface area (Å²) in [5, 5.41) is 8.73. The van der Waals surface area contributed by atoms with Crippen LogP contribution in [0, 0.1) is 0 Å². The lowest BCUT2D eigenvalue weighted by Gasteiger charge is -2.12. The van der Waals surface area contributed by atoms with Crippen molar-refractivity contribution in [2.75, 3.05) is 0 Å². The van der Waals surface area contributed by atoms with Crippen LogP contribution < -0.4 is 10.4 Å². The smallest absolute Gasteiger partial charge is 0.335 e. The molecule has 1 saturated carbocycles. The Morgan fingerprint density at radius 3 is 2.62 bits per heavy atom. The van der Waals surface area contributed by atoms with Crippen LogP contribution in [0.4, 0.5) is 0 Å². The number of nitrogens with zero attached hydrogens (tertiary/aromatic N) is 2. The molecule has 9 nitrogen and oxygen atoms in total. The minimum atomic E-state index is -3.74. The molecule has 2 N–H and O–H groups in total. The first-order chi connectivity index (χ1) is 13.6. The number of hydrogen-bond donors (Lipinski definition) is 2. The number of sulfonamides is 1. The third-order valence-corrected chi connectivity index (χ3v) is 6.58. The van der Waals surface area contributed by atoms with Crippen LogP contribution in [-0.2, 0) is 21.9 Å². The number of fused-ring (bicyclic) bond motifs is 1. The molecule has 0 amide bonds. The molecule has 152 valence electrons. The van der Waals surface area contributed by atoms with Crippen LogP contribution in [0.5, 0.6) is 0 Å². The molecule has 1 aliphatic carbocycles. The highest BCUT2D eigenvalue weighted by Crippen LogP contribution is 2.36. The average molecular weight is 417 g/mol. The largest absolute Gasteiger partial charge is 0.478 e. The fourth-order valence-corrected chi connectivity index (χ4v) is 4.57. The van der Waals surface area contributed by atoms with Crippen molar-refractivity contribution in [2.45, 2.75) is 30.2 Å². The molecule has 0 spiro atoms. The van der Waals surface area contributed by atoms with E-state index in [9.17, 15) is 18.0 Å². The van der Waals surface area contributed by atoms with Gasteiger partial charge in [0, 0.05) is 24.7 Å². The molecule has 2 heterocycles. The zero-order valence-corrected chi connectivity index (χ0v) is 16.6. The predicted octanol–water partition coefficient (Wildman–Crippen LogP) is 1.85. The zero-order valence-electron chi connectivity index (χ0n) is 15.7. The summed E-state index contributed by atoms with van der Waals surface area (Å²) < 4.78 is 36.4. The Hall–Kier alpha value is -3.11. The molecule has 29 heavy (non-hydrogen) atoms. The second-order valence-corrected chi connectivity index (χ2v) is 9.02. The third kappa shape index (κ3) is 3.52. The second-order valence-electron chi connectivity index (χ2n) is 7.34. The number of aliphatic carboxylic acids is 1. The number of carbonyl (C=O) groups is 1. The van der Waals surface area contributed by atoms with Crippen LogP contribution in [0.3, 0.4) is 0 Å². The molecule has 2 aromatic heterocycles. The fraction of sp³-hybridized carbons (Fsp3) is 0.263. The first kappa shape index (κ1) is 19.2. The van der Waals surface area contributed by atoms with Gasteiger partial charge >= 0.3 is 11.7 Å². The number of nitrogens with one attached hydrogen (secondary N) is 1. The van der Waals surface area contributed by atoms with Crippen LogP contribution in [-0.4, -0.2) is 34.2 Å². The molecular formula is C19H19N3O6S. The Balaban J connectivity index is 1.83. The normalized spacial score (nSPS) is 15.9. The van der Waals surface area contributed by atoms with Crippen LogP contribution in [0.25, 0.3) is 23.0 Å². The van der Waals surface area contributed by atoms with Crippen molar-refractivity contribution in [3.63, 3.8) is 0 Å². The maximum absolute atomic E-state index is 12.8. The molecule has 0 unspecified atom stereocenters. The molecule has 1 aromatic carbocycles. The molecule has 10 heteroatoms. The molecule has 0 saturated heterocycles. The van der Waals surface area contributed by atoms with E-state index in [0.717, 1.165) is 18.9 Å². The van der Waals surface area contributed by atoms with E-state index >= 15 is 0 Å². The number of hydrogen-bond acceptors (Lipinski definition) is 5. The summed E-state index contributed by atoms with van der Waals surface area (Å²) in [7, 11) is -2.17. The quantitative estimate of drug-likeness (QED) is 0.590. The highest BCUT2D eigenvalue weighted by atomic mass is 32.2. The number of benzene rings is 1. The minimum Gasteiger partial charge on any atom is -0.478 e. The summed E-state index contributed by atoms with van der Waals surface area (Å²) in [6, 6.07) is 7.51. The van der Waals surface area contributed by atoms with Crippen molar-refractivity contribution in [3.05, 3.63) is 52.7 Å². The van der Waals surface area contributed by atoms with Crippen molar-refractivity contribution in [1.82, 2.24) is 13.9 Å². The number of furan rings is 1. The van der Waals surface area contributed by atoms with Gasteiger partial charge in [-0.15, -0.1) is 0 Å². The van der Waals surface area contributed by atoms with Gasteiger partial charge in [-0.05, 0) is 50.1 Å². The first-order valence-electron chi connectivity index (χ1n) is 8.86. The van der Waals surface area contributed by atoms with Crippen LogP contribution in [0.15, 0.2) is 50.5 Å². The summed E-state index contributed by atoms with van der Waals surface area (Å²) in [4.78, 5) is 23.5. The van der Waals surface area contributed by atoms with Gasteiger partial charge in [0.25, 0.3) is 0 Å². The topological polar surface area (TPSA) is 124 Å². The Kier molecular flexibility index (Phi) is 4.28. The first-order valence-corrected chi connectivity index (χ1v) is 10.3. The average Bonchev–Trinajstić information content (AvgIpc) is 3.09. The number of aromatic nitrogens is 2. The molecule has 3 aromatic rings. The van der Waals surface area contributed by atoms with Gasteiger partial charge in [-0.25, -0.2) is 27.3 Å². The van der Waals surface area contributed by atoms with Crippen molar-refractivity contribution in [1.29, 1.82) is 0 Å². The van der Waals surface area contributed by atoms with E-state index in [1.165, 1.54) is 39.5 Å². The maximum Gasteiger partial charge on any atom is 0.335 e. The van der Waals surface area contributed by atoms with Gasteiger partial charge in [0.05, 0.1) is 15.9 Å². The van der Waals surface area contributed by atoms with E-state index in [1.807, 2.05) is 6.92 Å². The lowest BCUT2D eigenvalue weighted by molar-refractivity contribution is -0.131. The van der Waals surface area contributed by atoms with Crippen molar-refractivity contribution >= 4 is 33.1 Å². The second kappa shape index (κ2) is 6.46. The van der Waals surface area contributed by atoms with E-state index < -0.39 is 27.2 Å². The molecule has 1 aliphatic rings. The Morgan fingerprint density at radius 2 is 1.97 bits per heavy atom. The fourth-order valence-electron chi connectivity index (χ4n) is 3.08. The highest BCUT2D eigenvalue weighted by molar-refractivity contribution is 7.89. The summed E-state index contributed by atoms with van der Waals surface area (Å²) in [6.45, 7) is 1.84. The molecule has 0 bridgehead atoms. The number of carboxylic acid groups (broad SMARTS) is 1. The van der Waals surface area contributed by atoms with Gasteiger partial charge in [-0.2, -0.15) is 0 Å². The van der Waals surface area contributed by atoms with E-state index in [0.29, 0.717) is 11.0 Å². The van der Waals surface area contributed by atoms with E-state index in [-0.39, 0.29) is 16.5 Å². The Morgan fingerprint density at radius 1 is 1.24 bits per heavy atom. The molecule has 0 atom stereocenters. The van der Waals surface area contributed by atoms with Gasteiger partial charge < -0.3 is 9.52 Å². The van der Waals surface area contributed by atoms with E-state index in [4.69, 9.17) is 9.52 Å². The van der Waals surface area contributed by atoms with Crippen molar-refractivity contribution < 1.29 is 22.7 Å². The summed E-state index contributed by atoms with van der Waals surface area (Å²) in [5.41, 5.74) is 0.0612.